The van der Waals surface area contributed by atoms with Crippen molar-refractivity contribution in [1.29, 1.82) is 0 Å². The Morgan fingerprint density at radius 1 is 1.47 bits per heavy atom. The zero-order valence-electron chi connectivity index (χ0n) is 7.96. The highest BCUT2D eigenvalue weighted by Crippen LogP contribution is 2.47. The molecule has 6 heteroatoms. The molecule has 0 bridgehead atoms. The molecule has 2 nitrogen and oxygen atoms in total. The van der Waals surface area contributed by atoms with Gasteiger partial charge in [0.05, 0.1) is 11.8 Å². The molecule has 0 N–H and O–H groups in total. The molecule has 1 aromatic rings. The van der Waals surface area contributed by atoms with E-state index < -0.39 is 11.7 Å². The third-order valence-corrected chi connectivity index (χ3v) is 3.42. The molecule has 0 amide bonds. The van der Waals surface area contributed by atoms with Gasteiger partial charge >= 0.3 is 6.18 Å². The number of thiol groups is 1. The van der Waals surface area contributed by atoms with Crippen LogP contribution in [0.2, 0.25) is 0 Å². The lowest BCUT2D eigenvalue weighted by Gasteiger charge is -2.11. The highest BCUT2D eigenvalue weighted by atomic mass is 32.1. The van der Waals surface area contributed by atoms with Gasteiger partial charge in [-0.15, -0.1) is 0 Å². The molecular weight excluding hydrogens is 225 g/mol. The summed E-state index contributed by atoms with van der Waals surface area (Å²) in [6.45, 7) is 0.534. The van der Waals surface area contributed by atoms with Crippen molar-refractivity contribution in [2.75, 3.05) is 5.75 Å². The normalized spacial score (nSPS) is 19.2. The average molecular weight is 236 g/mol. The van der Waals surface area contributed by atoms with E-state index in [1.54, 1.807) is 0 Å². The largest absolute Gasteiger partial charge is 0.419 e. The molecule has 1 heterocycles. The third-order valence-electron chi connectivity index (χ3n) is 2.75. The second-order valence-corrected chi connectivity index (χ2v) is 4.40. The van der Waals surface area contributed by atoms with Crippen LogP contribution in [0.3, 0.4) is 0 Å². The van der Waals surface area contributed by atoms with Crippen molar-refractivity contribution < 1.29 is 13.2 Å². The van der Waals surface area contributed by atoms with Crippen molar-refractivity contribution in [3.63, 3.8) is 0 Å². The predicted molar refractivity (Wildman–Crippen MR) is 52.7 cm³/mol. The maximum atomic E-state index is 12.3. The van der Waals surface area contributed by atoms with E-state index in [4.69, 9.17) is 0 Å². The summed E-state index contributed by atoms with van der Waals surface area (Å²) in [6, 6.07) is 0. The smallest absolute Gasteiger partial charge is 0.272 e. The maximum Gasteiger partial charge on any atom is 0.419 e. The van der Waals surface area contributed by atoms with E-state index in [9.17, 15) is 13.2 Å². The standard InChI is InChI=1S/C9H11F3N2S/c10-9(11,12)7-3-13-14(4-7)5-8(6-15)1-2-8/h3-4,15H,1-2,5-6H2. The van der Waals surface area contributed by atoms with Gasteiger partial charge in [-0.05, 0) is 24.0 Å². The molecule has 1 aromatic heterocycles. The third kappa shape index (κ3) is 2.30. The van der Waals surface area contributed by atoms with Crippen molar-refractivity contribution in [2.45, 2.75) is 25.6 Å². The number of nitrogens with zero attached hydrogens (tertiary/aromatic N) is 2. The molecule has 0 aromatic carbocycles. The van der Waals surface area contributed by atoms with Crippen LogP contribution in [0, 0.1) is 5.41 Å². The summed E-state index contributed by atoms with van der Waals surface area (Å²) in [6.07, 6.45) is -0.316. The lowest BCUT2D eigenvalue weighted by Crippen LogP contribution is -2.13. The van der Waals surface area contributed by atoms with Crippen molar-refractivity contribution >= 4 is 12.6 Å². The van der Waals surface area contributed by atoms with Crippen LogP contribution in [0.25, 0.3) is 0 Å². The van der Waals surface area contributed by atoms with Crippen LogP contribution < -0.4 is 0 Å². The highest BCUT2D eigenvalue weighted by molar-refractivity contribution is 7.80. The van der Waals surface area contributed by atoms with E-state index in [0.29, 0.717) is 12.3 Å². The van der Waals surface area contributed by atoms with Crippen LogP contribution in [0.1, 0.15) is 18.4 Å². The summed E-state index contributed by atoms with van der Waals surface area (Å²) >= 11 is 4.19. The van der Waals surface area contributed by atoms with Gasteiger partial charge in [0, 0.05) is 12.7 Å². The number of alkyl halides is 3. The fraction of sp³-hybridized carbons (Fsp3) is 0.667. The average Bonchev–Trinajstić information content (AvgIpc) is 2.73. The van der Waals surface area contributed by atoms with Gasteiger partial charge in [0.1, 0.15) is 0 Å². The molecule has 84 valence electrons. The Kier molecular flexibility index (Phi) is 2.48. The van der Waals surface area contributed by atoms with E-state index in [1.807, 2.05) is 0 Å². The first-order valence-corrected chi connectivity index (χ1v) is 5.29. The minimum absolute atomic E-state index is 0.0813. The molecule has 15 heavy (non-hydrogen) atoms. The Hall–Kier alpha value is -0.650. The van der Waals surface area contributed by atoms with Crippen molar-refractivity contribution in [1.82, 2.24) is 9.78 Å². The fourth-order valence-electron chi connectivity index (χ4n) is 1.48. The van der Waals surface area contributed by atoms with Gasteiger partial charge in [0.2, 0.25) is 0 Å². The van der Waals surface area contributed by atoms with Crippen LogP contribution in [-0.4, -0.2) is 15.5 Å². The molecule has 0 aliphatic heterocycles. The molecule has 1 aliphatic carbocycles. The summed E-state index contributed by atoms with van der Waals surface area (Å²) in [7, 11) is 0. The van der Waals surface area contributed by atoms with E-state index in [0.717, 1.165) is 25.2 Å². The Bertz CT molecular complexity index is 354. The van der Waals surface area contributed by atoms with E-state index >= 15 is 0 Å². The van der Waals surface area contributed by atoms with Gasteiger partial charge in [0.25, 0.3) is 0 Å². The first-order chi connectivity index (χ1) is 6.95. The minimum atomic E-state index is -4.30. The molecule has 1 fully saturated rings. The molecule has 1 aliphatic rings. The number of hydrogen-bond acceptors (Lipinski definition) is 2. The van der Waals surface area contributed by atoms with Crippen molar-refractivity contribution in [3.05, 3.63) is 18.0 Å². The van der Waals surface area contributed by atoms with E-state index in [1.165, 1.54) is 4.68 Å². The Labute approximate surface area is 90.9 Å². The molecule has 1 saturated carbocycles. The van der Waals surface area contributed by atoms with Crippen molar-refractivity contribution in [3.8, 4) is 0 Å². The lowest BCUT2D eigenvalue weighted by molar-refractivity contribution is -0.137. The topological polar surface area (TPSA) is 17.8 Å². The molecule has 0 unspecified atom stereocenters. The van der Waals surface area contributed by atoms with Crippen LogP contribution >= 0.6 is 12.6 Å². The quantitative estimate of drug-likeness (QED) is 0.799. The Morgan fingerprint density at radius 3 is 2.53 bits per heavy atom. The number of rotatable bonds is 3. The number of aromatic nitrogens is 2. The number of halogens is 3. The minimum Gasteiger partial charge on any atom is -0.272 e. The second-order valence-electron chi connectivity index (χ2n) is 4.08. The SMILES string of the molecule is FC(F)(F)c1cnn(CC2(CS)CC2)c1. The van der Waals surface area contributed by atoms with Crippen LogP contribution in [-0.2, 0) is 12.7 Å². The second kappa shape index (κ2) is 3.43. The predicted octanol–water partition coefficient (Wildman–Crippen LogP) is 2.61. The van der Waals surface area contributed by atoms with Gasteiger partial charge in [-0.1, -0.05) is 0 Å². The molecule has 2 rings (SSSR count). The fourth-order valence-corrected chi connectivity index (χ4v) is 1.90. The summed E-state index contributed by atoms with van der Waals surface area (Å²) in [5.74, 6) is 0.703. The highest BCUT2D eigenvalue weighted by Gasteiger charge is 2.42. The zero-order valence-corrected chi connectivity index (χ0v) is 8.85. The van der Waals surface area contributed by atoms with Crippen LogP contribution in [0.4, 0.5) is 13.2 Å². The zero-order chi connectivity index (χ0) is 11.1. The first-order valence-electron chi connectivity index (χ1n) is 4.66. The van der Waals surface area contributed by atoms with Crippen LogP contribution in [0.15, 0.2) is 12.4 Å². The summed E-state index contributed by atoms with van der Waals surface area (Å²) in [5, 5.41) is 3.72. The van der Waals surface area contributed by atoms with Gasteiger partial charge in [-0.2, -0.15) is 30.9 Å². The first kappa shape index (κ1) is 10.9. The summed E-state index contributed by atoms with van der Waals surface area (Å²) in [5.41, 5.74) is -0.602. The molecule has 0 atom stereocenters. The number of hydrogen-bond donors (Lipinski definition) is 1. The monoisotopic (exact) mass is 236 g/mol. The summed E-state index contributed by atoms with van der Waals surface area (Å²) in [4.78, 5) is 0. The summed E-state index contributed by atoms with van der Waals surface area (Å²) < 4.78 is 38.2. The molecular formula is C9H11F3N2S. The van der Waals surface area contributed by atoms with Crippen LogP contribution in [0.5, 0.6) is 0 Å². The molecule has 0 saturated heterocycles. The van der Waals surface area contributed by atoms with E-state index in [-0.39, 0.29) is 5.41 Å². The Morgan fingerprint density at radius 2 is 2.13 bits per heavy atom. The van der Waals surface area contributed by atoms with Gasteiger partial charge in [0.15, 0.2) is 0 Å². The molecule has 0 radical (unpaired) electrons. The van der Waals surface area contributed by atoms with Gasteiger partial charge < -0.3 is 0 Å². The van der Waals surface area contributed by atoms with Gasteiger partial charge in [-0.3, -0.25) is 4.68 Å². The molecule has 0 spiro atoms. The van der Waals surface area contributed by atoms with E-state index in [2.05, 4.69) is 17.7 Å². The Balaban J connectivity index is 2.08. The van der Waals surface area contributed by atoms with Gasteiger partial charge in [-0.25, -0.2) is 0 Å². The van der Waals surface area contributed by atoms with Crippen molar-refractivity contribution in [2.24, 2.45) is 5.41 Å². The lowest BCUT2D eigenvalue weighted by atomic mass is 10.1. The maximum absolute atomic E-state index is 12.3.